The maximum Gasteiger partial charge on any atom is 0.185 e. The van der Waals surface area contributed by atoms with Crippen LogP contribution >= 0.6 is 23.2 Å². The van der Waals surface area contributed by atoms with E-state index in [4.69, 9.17) is 32.7 Å². The van der Waals surface area contributed by atoms with Crippen LogP contribution in [0.15, 0.2) is 30.4 Å². The van der Waals surface area contributed by atoms with Crippen LogP contribution in [0.5, 0.6) is 0 Å². The van der Waals surface area contributed by atoms with Crippen molar-refractivity contribution in [1.82, 2.24) is 0 Å². The van der Waals surface area contributed by atoms with Crippen LogP contribution in [0.3, 0.4) is 0 Å². The SMILES string of the molecule is Clc1ccc(C2OCC=CCO2)c(Cl)c1. The molecule has 1 aliphatic rings. The number of benzene rings is 1. The smallest absolute Gasteiger partial charge is 0.185 e. The normalized spacial score (nSPS) is 17.7. The quantitative estimate of drug-likeness (QED) is 0.704. The summed E-state index contributed by atoms with van der Waals surface area (Å²) in [4.78, 5) is 0. The van der Waals surface area contributed by atoms with Crippen LogP contribution in [0.25, 0.3) is 0 Å². The van der Waals surface area contributed by atoms with E-state index in [0.29, 0.717) is 23.3 Å². The van der Waals surface area contributed by atoms with E-state index < -0.39 is 6.29 Å². The van der Waals surface area contributed by atoms with Crippen molar-refractivity contribution in [2.24, 2.45) is 0 Å². The van der Waals surface area contributed by atoms with Gasteiger partial charge in [-0.3, -0.25) is 0 Å². The lowest BCUT2D eigenvalue weighted by Gasteiger charge is -2.16. The van der Waals surface area contributed by atoms with Crippen LogP contribution in [0.1, 0.15) is 11.9 Å². The van der Waals surface area contributed by atoms with Crippen molar-refractivity contribution >= 4 is 23.2 Å². The van der Waals surface area contributed by atoms with E-state index in [1.165, 1.54) is 0 Å². The van der Waals surface area contributed by atoms with Crippen LogP contribution in [0, 0.1) is 0 Å². The average molecular weight is 245 g/mol. The van der Waals surface area contributed by atoms with Gasteiger partial charge in [-0.1, -0.05) is 41.4 Å². The van der Waals surface area contributed by atoms with Crippen molar-refractivity contribution in [2.45, 2.75) is 6.29 Å². The van der Waals surface area contributed by atoms with Crippen molar-refractivity contribution in [1.29, 1.82) is 0 Å². The highest BCUT2D eigenvalue weighted by Gasteiger charge is 2.16. The molecule has 0 spiro atoms. The maximum atomic E-state index is 6.05. The fourth-order valence-corrected chi connectivity index (χ4v) is 1.84. The van der Waals surface area contributed by atoms with Gasteiger partial charge in [-0.05, 0) is 12.1 Å². The average Bonchev–Trinajstić information content (AvgIpc) is 2.46. The van der Waals surface area contributed by atoms with Crippen molar-refractivity contribution in [3.05, 3.63) is 46.0 Å². The fraction of sp³-hybridized carbons (Fsp3) is 0.273. The van der Waals surface area contributed by atoms with Gasteiger partial charge in [0, 0.05) is 10.6 Å². The molecule has 0 N–H and O–H groups in total. The molecule has 0 unspecified atom stereocenters. The molecule has 1 aliphatic heterocycles. The van der Waals surface area contributed by atoms with Crippen LogP contribution < -0.4 is 0 Å². The second-order valence-corrected chi connectivity index (χ2v) is 3.98. The van der Waals surface area contributed by atoms with Gasteiger partial charge in [-0.15, -0.1) is 0 Å². The Morgan fingerprint density at radius 1 is 1.07 bits per heavy atom. The molecule has 0 radical (unpaired) electrons. The first-order valence-corrected chi connectivity index (χ1v) is 5.36. The molecule has 0 saturated carbocycles. The molecule has 0 fully saturated rings. The minimum Gasteiger partial charge on any atom is -0.344 e. The fourth-order valence-electron chi connectivity index (χ4n) is 1.34. The molecule has 1 aromatic carbocycles. The molecule has 1 aromatic rings. The highest BCUT2D eigenvalue weighted by molar-refractivity contribution is 6.35. The Bertz CT molecular complexity index is 367. The van der Waals surface area contributed by atoms with Crippen molar-refractivity contribution in [3.63, 3.8) is 0 Å². The van der Waals surface area contributed by atoms with Crippen LogP contribution in [0.4, 0.5) is 0 Å². The van der Waals surface area contributed by atoms with Gasteiger partial charge in [0.05, 0.1) is 18.2 Å². The largest absolute Gasteiger partial charge is 0.344 e. The number of rotatable bonds is 1. The number of hydrogen-bond acceptors (Lipinski definition) is 2. The van der Waals surface area contributed by atoms with Gasteiger partial charge in [0.15, 0.2) is 6.29 Å². The van der Waals surface area contributed by atoms with Gasteiger partial charge >= 0.3 is 0 Å². The number of halogens is 2. The van der Waals surface area contributed by atoms with Gasteiger partial charge in [-0.2, -0.15) is 0 Å². The molecule has 80 valence electrons. The zero-order valence-corrected chi connectivity index (χ0v) is 9.46. The molecule has 1 heterocycles. The van der Waals surface area contributed by atoms with Gasteiger partial charge < -0.3 is 9.47 Å². The minimum atomic E-state index is -0.412. The summed E-state index contributed by atoms with van der Waals surface area (Å²) < 4.78 is 10.9. The van der Waals surface area contributed by atoms with E-state index in [1.807, 2.05) is 18.2 Å². The van der Waals surface area contributed by atoms with E-state index >= 15 is 0 Å². The third-order valence-electron chi connectivity index (χ3n) is 2.07. The standard InChI is InChI=1S/C11H10Cl2O2/c12-8-3-4-9(10(13)7-8)11-14-5-1-2-6-15-11/h1-4,7,11H,5-6H2. The third-order valence-corrected chi connectivity index (χ3v) is 2.63. The molecule has 2 nitrogen and oxygen atoms in total. The molecule has 15 heavy (non-hydrogen) atoms. The maximum absolute atomic E-state index is 6.05. The molecule has 0 aliphatic carbocycles. The Balaban J connectivity index is 2.21. The van der Waals surface area contributed by atoms with E-state index in [0.717, 1.165) is 5.56 Å². The molecular formula is C11H10Cl2O2. The van der Waals surface area contributed by atoms with Crippen molar-refractivity contribution in [2.75, 3.05) is 13.2 Å². The molecule has 0 bridgehead atoms. The Morgan fingerprint density at radius 3 is 2.33 bits per heavy atom. The summed E-state index contributed by atoms with van der Waals surface area (Å²) in [5.41, 5.74) is 0.810. The van der Waals surface area contributed by atoms with Gasteiger partial charge in [0.1, 0.15) is 0 Å². The van der Waals surface area contributed by atoms with E-state index in [2.05, 4.69) is 0 Å². The Labute approximate surface area is 98.4 Å². The monoisotopic (exact) mass is 244 g/mol. The van der Waals surface area contributed by atoms with E-state index in [9.17, 15) is 0 Å². The molecule has 0 atom stereocenters. The second-order valence-electron chi connectivity index (χ2n) is 3.14. The first-order chi connectivity index (χ1) is 7.27. The highest BCUT2D eigenvalue weighted by Crippen LogP contribution is 2.29. The topological polar surface area (TPSA) is 18.5 Å². The minimum absolute atomic E-state index is 0.412. The van der Waals surface area contributed by atoms with Gasteiger partial charge in [0.25, 0.3) is 0 Å². The summed E-state index contributed by atoms with van der Waals surface area (Å²) in [6.07, 6.45) is 3.43. The molecule has 0 saturated heterocycles. The zero-order valence-electron chi connectivity index (χ0n) is 7.95. The summed E-state index contributed by atoms with van der Waals surface area (Å²) in [5.74, 6) is 0. The lowest BCUT2D eigenvalue weighted by atomic mass is 10.2. The molecule has 0 amide bonds. The lowest BCUT2D eigenvalue weighted by molar-refractivity contribution is -0.125. The lowest BCUT2D eigenvalue weighted by Crippen LogP contribution is -2.07. The number of ether oxygens (including phenoxy) is 2. The van der Waals surface area contributed by atoms with Crippen LogP contribution in [-0.2, 0) is 9.47 Å². The van der Waals surface area contributed by atoms with E-state index in [1.54, 1.807) is 12.1 Å². The summed E-state index contributed by atoms with van der Waals surface area (Å²) in [6, 6.07) is 5.28. The molecule has 2 rings (SSSR count). The van der Waals surface area contributed by atoms with Crippen LogP contribution in [0.2, 0.25) is 10.0 Å². The Kier molecular flexibility index (Phi) is 3.65. The summed E-state index contributed by atoms with van der Waals surface area (Å²) in [6.45, 7) is 1.06. The molecule has 4 heteroatoms. The second kappa shape index (κ2) is 4.99. The summed E-state index contributed by atoms with van der Waals surface area (Å²) >= 11 is 11.9. The predicted octanol–water partition coefficient (Wildman–Crippen LogP) is 3.60. The zero-order chi connectivity index (χ0) is 10.7. The first kappa shape index (κ1) is 11.0. The highest BCUT2D eigenvalue weighted by atomic mass is 35.5. The predicted molar refractivity (Wildman–Crippen MR) is 60.2 cm³/mol. The first-order valence-electron chi connectivity index (χ1n) is 4.60. The van der Waals surface area contributed by atoms with Gasteiger partial charge in [0.2, 0.25) is 0 Å². The third kappa shape index (κ3) is 2.73. The van der Waals surface area contributed by atoms with Gasteiger partial charge in [-0.25, -0.2) is 0 Å². The van der Waals surface area contributed by atoms with E-state index in [-0.39, 0.29) is 0 Å². The Hall–Kier alpha value is -0.540. The molecular weight excluding hydrogens is 235 g/mol. The Morgan fingerprint density at radius 2 is 1.73 bits per heavy atom. The van der Waals surface area contributed by atoms with Crippen molar-refractivity contribution in [3.8, 4) is 0 Å². The summed E-state index contributed by atoms with van der Waals surface area (Å²) in [7, 11) is 0. The van der Waals surface area contributed by atoms with Crippen molar-refractivity contribution < 1.29 is 9.47 Å². The number of hydrogen-bond donors (Lipinski definition) is 0. The molecule has 0 aromatic heterocycles. The summed E-state index contributed by atoms with van der Waals surface area (Å²) in [5, 5.41) is 1.17. The van der Waals surface area contributed by atoms with Crippen LogP contribution in [-0.4, -0.2) is 13.2 Å².